The number of phenols is 1. The molecule has 0 atom stereocenters. The predicted molar refractivity (Wildman–Crippen MR) is 71.6 cm³/mol. The fourth-order valence-corrected chi connectivity index (χ4v) is 2.01. The van der Waals surface area contributed by atoms with E-state index in [2.05, 4.69) is 10.5 Å². The summed E-state index contributed by atoms with van der Waals surface area (Å²) < 4.78 is 0. The molecule has 2 N–H and O–H groups in total. The summed E-state index contributed by atoms with van der Waals surface area (Å²) in [5, 5.41) is 14.2. The second-order valence-corrected chi connectivity index (χ2v) is 4.03. The average molecular weight is 239 g/mol. The molecule has 0 amide bonds. The molecule has 4 nitrogen and oxygen atoms in total. The Hall–Kier alpha value is -2.49. The Morgan fingerprint density at radius 3 is 2.50 bits per heavy atom. The minimum absolute atomic E-state index is 0.237. The van der Waals surface area contributed by atoms with Crippen molar-refractivity contribution in [3.63, 3.8) is 0 Å². The van der Waals surface area contributed by atoms with Gasteiger partial charge in [-0.25, -0.2) is 0 Å². The number of nitrogens with one attached hydrogen (secondary N) is 1. The van der Waals surface area contributed by atoms with Crippen molar-refractivity contribution < 1.29 is 5.11 Å². The number of para-hydroxylation sites is 2. The van der Waals surface area contributed by atoms with Gasteiger partial charge in [0.2, 0.25) is 0 Å². The van der Waals surface area contributed by atoms with Crippen LogP contribution in [0.25, 0.3) is 0 Å². The van der Waals surface area contributed by atoms with Gasteiger partial charge in [-0.05, 0) is 24.3 Å². The molecule has 2 aromatic carbocycles. The van der Waals surface area contributed by atoms with E-state index in [-0.39, 0.29) is 5.75 Å². The van der Waals surface area contributed by atoms with Gasteiger partial charge < -0.3 is 10.0 Å². The highest BCUT2D eigenvalue weighted by molar-refractivity contribution is 6.12. The third-order valence-electron chi connectivity index (χ3n) is 2.88. The number of benzene rings is 2. The quantitative estimate of drug-likeness (QED) is 0.844. The Balaban J connectivity index is 2.00. The lowest BCUT2D eigenvalue weighted by Crippen LogP contribution is -2.29. The van der Waals surface area contributed by atoms with Gasteiger partial charge in [0.15, 0.2) is 5.84 Å². The second-order valence-electron chi connectivity index (χ2n) is 4.03. The number of hydrogen-bond donors (Lipinski definition) is 2. The lowest BCUT2D eigenvalue weighted by Gasteiger charge is -2.19. The van der Waals surface area contributed by atoms with E-state index >= 15 is 0 Å². The first-order valence-electron chi connectivity index (χ1n) is 5.78. The molecule has 1 aliphatic heterocycles. The van der Waals surface area contributed by atoms with Crippen LogP contribution in [0, 0.1) is 0 Å². The molecule has 0 fully saturated rings. The Morgan fingerprint density at radius 1 is 1.00 bits per heavy atom. The number of rotatable bonds is 2. The Labute approximate surface area is 105 Å². The smallest absolute Gasteiger partial charge is 0.165 e. The van der Waals surface area contributed by atoms with Gasteiger partial charge in [-0.15, -0.1) is 0 Å². The van der Waals surface area contributed by atoms with Crippen molar-refractivity contribution in [1.82, 2.24) is 5.43 Å². The highest BCUT2D eigenvalue weighted by atomic mass is 16.3. The van der Waals surface area contributed by atoms with E-state index in [9.17, 15) is 5.11 Å². The first-order valence-corrected chi connectivity index (χ1v) is 5.78. The van der Waals surface area contributed by atoms with Crippen LogP contribution in [0.5, 0.6) is 5.75 Å². The lowest BCUT2D eigenvalue weighted by molar-refractivity contribution is 0.474. The molecule has 0 saturated heterocycles. The number of aromatic hydroxyl groups is 1. The predicted octanol–water partition coefficient (Wildman–Crippen LogP) is 2.12. The summed E-state index contributed by atoms with van der Waals surface area (Å²) in [5.41, 5.74) is 4.72. The number of nitrogens with zero attached hydrogens (tertiary/aromatic N) is 2. The van der Waals surface area contributed by atoms with Gasteiger partial charge in [-0.3, -0.25) is 5.43 Å². The SMILES string of the molecule is Oc1ccccc1C1=NNCN1c1ccccc1. The van der Waals surface area contributed by atoms with Gasteiger partial charge in [0.1, 0.15) is 12.4 Å². The first kappa shape index (κ1) is 10.7. The van der Waals surface area contributed by atoms with Crippen LogP contribution in [0.2, 0.25) is 0 Å². The van der Waals surface area contributed by atoms with E-state index < -0.39 is 0 Å². The molecule has 3 rings (SSSR count). The molecule has 1 aliphatic rings. The Bertz CT molecular complexity index is 581. The van der Waals surface area contributed by atoms with Gasteiger partial charge in [-0.1, -0.05) is 30.3 Å². The number of phenolic OH excluding ortho intramolecular Hbond substituents is 1. The van der Waals surface area contributed by atoms with Crippen LogP contribution in [0.15, 0.2) is 59.7 Å². The molecule has 90 valence electrons. The molecule has 0 bridgehead atoms. The van der Waals surface area contributed by atoms with Crippen molar-refractivity contribution in [1.29, 1.82) is 0 Å². The standard InChI is InChI=1S/C14H13N3O/c18-13-9-5-4-8-12(13)14-16-15-10-17(14)11-6-2-1-3-7-11/h1-9,15,18H,10H2. The molecule has 2 aromatic rings. The van der Waals surface area contributed by atoms with E-state index in [1.807, 2.05) is 47.4 Å². The van der Waals surface area contributed by atoms with Gasteiger partial charge in [-0.2, -0.15) is 5.10 Å². The molecule has 0 radical (unpaired) electrons. The summed E-state index contributed by atoms with van der Waals surface area (Å²) >= 11 is 0. The first-order chi connectivity index (χ1) is 8.86. The van der Waals surface area contributed by atoms with Crippen molar-refractivity contribution in [2.24, 2.45) is 5.10 Å². The molecule has 0 saturated carbocycles. The summed E-state index contributed by atoms with van der Waals surface area (Å²) in [6.45, 7) is 0.605. The Morgan fingerprint density at radius 2 is 1.72 bits per heavy atom. The zero-order chi connectivity index (χ0) is 12.4. The van der Waals surface area contributed by atoms with Crippen LogP contribution in [-0.2, 0) is 0 Å². The van der Waals surface area contributed by atoms with Crippen molar-refractivity contribution in [2.75, 3.05) is 11.6 Å². The second kappa shape index (κ2) is 4.41. The van der Waals surface area contributed by atoms with Gasteiger partial charge >= 0.3 is 0 Å². The summed E-state index contributed by atoms with van der Waals surface area (Å²) in [7, 11) is 0. The zero-order valence-corrected chi connectivity index (χ0v) is 9.74. The van der Waals surface area contributed by atoms with Crippen LogP contribution in [0.3, 0.4) is 0 Å². The van der Waals surface area contributed by atoms with Gasteiger partial charge in [0.25, 0.3) is 0 Å². The van der Waals surface area contributed by atoms with Crippen LogP contribution >= 0.6 is 0 Å². The molecule has 0 aliphatic carbocycles. The van der Waals surface area contributed by atoms with Crippen LogP contribution in [-0.4, -0.2) is 17.6 Å². The summed E-state index contributed by atoms with van der Waals surface area (Å²) in [5.74, 6) is 0.972. The van der Waals surface area contributed by atoms with Crippen molar-refractivity contribution in [3.8, 4) is 5.75 Å². The van der Waals surface area contributed by atoms with E-state index in [0.29, 0.717) is 6.67 Å². The van der Waals surface area contributed by atoms with E-state index in [4.69, 9.17) is 0 Å². The van der Waals surface area contributed by atoms with Crippen molar-refractivity contribution in [3.05, 3.63) is 60.2 Å². The van der Waals surface area contributed by atoms with Crippen molar-refractivity contribution >= 4 is 11.5 Å². The lowest BCUT2D eigenvalue weighted by atomic mass is 10.1. The Kier molecular flexibility index (Phi) is 2.61. The molecule has 4 heteroatoms. The normalized spacial score (nSPS) is 14.2. The average Bonchev–Trinajstić information content (AvgIpc) is 2.89. The summed E-state index contributed by atoms with van der Waals surface area (Å²) in [6, 6.07) is 17.2. The summed E-state index contributed by atoms with van der Waals surface area (Å²) in [4.78, 5) is 2.02. The highest BCUT2D eigenvalue weighted by Crippen LogP contribution is 2.24. The number of hydrazone groups is 1. The molecule has 1 heterocycles. The number of anilines is 1. The molecular weight excluding hydrogens is 226 g/mol. The molecule has 0 spiro atoms. The maximum absolute atomic E-state index is 9.90. The minimum Gasteiger partial charge on any atom is -0.507 e. The largest absolute Gasteiger partial charge is 0.507 e. The van der Waals surface area contributed by atoms with E-state index in [1.165, 1.54) is 0 Å². The minimum atomic E-state index is 0.237. The van der Waals surface area contributed by atoms with Crippen LogP contribution in [0.1, 0.15) is 5.56 Å². The van der Waals surface area contributed by atoms with Gasteiger partial charge in [0.05, 0.1) is 5.56 Å². The van der Waals surface area contributed by atoms with Crippen LogP contribution < -0.4 is 10.3 Å². The number of amidine groups is 1. The maximum Gasteiger partial charge on any atom is 0.165 e. The van der Waals surface area contributed by atoms with E-state index in [1.54, 1.807) is 12.1 Å². The maximum atomic E-state index is 9.90. The van der Waals surface area contributed by atoms with E-state index in [0.717, 1.165) is 17.1 Å². The molecule has 0 unspecified atom stereocenters. The van der Waals surface area contributed by atoms with Crippen molar-refractivity contribution in [2.45, 2.75) is 0 Å². The monoisotopic (exact) mass is 239 g/mol. The fourth-order valence-electron chi connectivity index (χ4n) is 2.01. The summed E-state index contributed by atoms with van der Waals surface area (Å²) in [6.07, 6.45) is 0. The van der Waals surface area contributed by atoms with Gasteiger partial charge in [0, 0.05) is 5.69 Å². The third kappa shape index (κ3) is 1.78. The topological polar surface area (TPSA) is 47.9 Å². The highest BCUT2D eigenvalue weighted by Gasteiger charge is 2.22. The molecule has 0 aromatic heterocycles. The molecular formula is C14H13N3O. The molecule has 18 heavy (non-hydrogen) atoms. The van der Waals surface area contributed by atoms with Crippen LogP contribution in [0.4, 0.5) is 5.69 Å². The zero-order valence-electron chi connectivity index (χ0n) is 9.74. The number of hydrogen-bond acceptors (Lipinski definition) is 4. The third-order valence-corrected chi connectivity index (χ3v) is 2.88. The fraction of sp³-hybridized carbons (Fsp3) is 0.0714.